The monoisotopic (exact) mass is 248 g/mol. The van der Waals surface area contributed by atoms with Crippen LogP contribution in [0.2, 0.25) is 0 Å². The van der Waals surface area contributed by atoms with Gasteiger partial charge in [-0.1, -0.05) is 58.9 Å². The first-order valence-corrected chi connectivity index (χ1v) is 7.05. The van der Waals surface area contributed by atoms with Gasteiger partial charge < -0.3 is 5.11 Å². The summed E-state index contributed by atoms with van der Waals surface area (Å²) in [7, 11) is 0. The van der Waals surface area contributed by atoms with Crippen LogP contribution < -0.4 is 0 Å². The standard InChI is InChI=1S/C17H28O/c1-13(2)15-8-6-14(7-9-15)12-16(18)10-11-17(3,4)5/h6-9,13,16,18H,10-12H2,1-5H3. The highest BCUT2D eigenvalue weighted by molar-refractivity contribution is 5.25. The van der Waals surface area contributed by atoms with Gasteiger partial charge in [0.2, 0.25) is 0 Å². The zero-order chi connectivity index (χ0) is 13.8. The van der Waals surface area contributed by atoms with E-state index >= 15 is 0 Å². The molecular formula is C17H28O. The molecule has 0 aromatic heterocycles. The summed E-state index contributed by atoms with van der Waals surface area (Å²) in [6.07, 6.45) is 2.51. The molecular weight excluding hydrogens is 220 g/mol. The molecule has 1 aromatic carbocycles. The molecule has 0 bridgehead atoms. The van der Waals surface area contributed by atoms with Crippen molar-refractivity contribution in [3.8, 4) is 0 Å². The number of benzene rings is 1. The largest absolute Gasteiger partial charge is 0.393 e. The molecule has 0 saturated heterocycles. The number of hydrogen-bond acceptors (Lipinski definition) is 1. The number of rotatable bonds is 5. The van der Waals surface area contributed by atoms with E-state index in [0.29, 0.717) is 11.3 Å². The molecule has 0 aliphatic rings. The average Bonchev–Trinajstić information content (AvgIpc) is 2.26. The van der Waals surface area contributed by atoms with Crippen LogP contribution in [-0.4, -0.2) is 11.2 Å². The SMILES string of the molecule is CC(C)c1ccc(CC(O)CCC(C)(C)C)cc1. The lowest BCUT2D eigenvalue weighted by atomic mass is 9.88. The van der Waals surface area contributed by atoms with Crippen molar-refractivity contribution in [1.29, 1.82) is 0 Å². The Morgan fingerprint density at radius 3 is 2.06 bits per heavy atom. The Labute approximate surface area is 112 Å². The van der Waals surface area contributed by atoms with Crippen LogP contribution in [0.15, 0.2) is 24.3 Å². The van der Waals surface area contributed by atoms with Crippen LogP contribution >= 0.6 is 0 Å². The van der Waals surface area contributed by atoms with Crippen LogP contribution in [0.5, 0.6) is 0 Å². The molecule has 1 aromatic rings. The Balaban J connectivity index is 2.47. The molecule has 0 heterocycles. The third-order valence-electron chi connectivity index (χ3n) is 3.35. The smallest absolute Gasteiger partial charge is 0.0580 e. The van der Waals surface area contributed by atoms with E-state index in [9.17, 15) is 5.11 Å². The first-order valence-electron chi connectivity index (χ1n) is 7.05. The van der Waals surface area contributed by atoms with Crippen molar-refractivity contribution in [3.05, 3.63) is 35.4 Å². The van der Waals surface area contributed by atoms with E-state index in [-0.39, 0.29) is 6.10 Å². The quantitative estimate of drug-likeness (QED) is 0.811. The third-order valence-corrected chi connectivity index (χ3v) is 3.35. The summed E-state index contributed by atoms with van der Waals surface area (Å²) in [6.45, 7) is 11.1. The highest BCUT2D eigenvalue weighted by Gasteiger charge is 2.14. The fraction of sp³-hybridized carbons (Fsp3) is 0.647. The minimum absolute atomic E-state index is 0.214. The van der Waals surface area contributed by atoms with Gasteiger partial charge in [0.05, 0.1) is 6.10 Å². The first kappa shape index (κ1) is 15.2. The van der Waals surface area contributed by atoms with Crippen LogP contribution in [0.25, 0.3) is 0 Å². The van der Waals surface area contributed by atoms with Gasteiger partial charge in [0.1, 0.15) is 0 Å². The van der Waals surface area contributed by atoms with Gasteiger partial charge in [0.25, 0.3) is 0 Å². The second-order valence-corrected chi connectivity index (χ2v) is 6.85. The summed E-state index contributed by atoms with van der Waals surface area (Å²) >= 11 is 0. The predicted molar refractivity (Wildman–Crippen MR) is 78.9 cm³/mol. The summed E-state index contributed by atoms with van der Waals surface area (Å²) in [5.74, 6) is 0.574. The van der Waals surface area contributed by atoms with Crippen molar-refractivity contribution in [2.24, 2.45) is 5.41 Å². The zero-order valence-corrected chi connectivity index (χ0v) is 12.5. The van der Waals surface area contributed by atoms with E-state index in [1.165, 1.54) is 11.1 Å². The molecule has 1 rings (SSSR count). The van der Waals surface area contributed by atoms with Crippen LogP contribution in [0.1, 0.15) is 64.5 Å². The van der Waals surface area contributed by atoms with Gasteiger partial charge in [-0.2, -0.15) is 0 Å². The molecule has 1 N–H and O–H groups in total. The summed E-state index contributed by atoms with van der Waals surface area (Å²) in [5.41, 5.74) is 2.91. The lowest BCUT2D eigenvalue weighted by molar-refractivity contribution is 0.146. The average molecular weight is 248 g/mol. The van der Waals surface area contributed by atoms with Crippen molar-refractivity contribution in [2.75, 3.05) is 0 Å². The van der Waals surface area contributed by atoms with E-state index in [4.69, 9.17) is 0 Å². The van der Waals surface area contributed by atoms with E-state index in [0.717, 1.165) is 19.3 Å². The molecule has 0 radical (unpaired) electrons. The third kappa shape index (κ3) is 5.68. The zero-order valence-electron chi connectivity index (χ0n) is 12.5. The van der Waals surface area contributed by atoms with Gasteiger partial charge >= 0.3 is 0 Å². The van der Waals surface area contributed by atoms with Crippen molar-refractivity contribution in [3.63, 3.8) is 0 Å². The van der Waals surface area contributed by atoms with E-state index in [2.05, 4.69) is 58.9 Å². The Morgan fingerprint density at radius 1 is 1.06 bits per heavy atom. The van der Waals surface area contributed by atoms with Crippen LogP contribution in [0.3, 0.4) is 0 Å². The molecule has 1 unspecified atom stereocenters. The lowest BCUT2D eigenvalue weighted by Gasteiger charge is -2.20. The predicted octanol–water partition coefficient (Wildman–Crippen LogP) is 4.54. The van der Waals surface area contributed by atoms with Gasteiger partial charge in [-0.05, 0) is 41.7 Å². The topological polar surface area (TPSA) is 20.2 Å². The van der Waals surface area contributed by atoms with Crippen LogP contribution in [-0.2, 0) is 6.42 Å². The molecule has 1 nitrogen and oxygen atoms in total. The van der Waals surface area contributed by atoms with Crippen LogP contribution in [0, 0.1) is 5.41 Å². The highest BCUT2D eigenvalue weighted by atomic mass is 16.3. The van der Waals surface area contributed by atoms with Gasteiger partial charge in [0.15, 0.2) is 0 Å². The normalized spacial score (nSPS) is 13.9. The van der Waals surface area contributed by atoms with Gasteiger partial charge in [-0.3, -0.25) is 0 Å². The Bertz CT molecular complexity index is 343. The first-order chi connectivity index (χ1) is 8.28. The van der Waals surface area contributed by atoms with Crippen molar-refractivity contribution in [1.82, 2.24) is 0 Å². The van der Waals surface area contributed by atoms with Crippen molar-refractivity contribution in [2.45, 2.75) is 65.9 Å². The maximum absolute atomic E-state index is 10.0. The van der Waals surface area contributed by atoms with E-state index < -0.39 is 0 Å². The second-order valence-electron chi connectivity index (χ2n) is 6.85. The van der Waals surface area contributed by atoms with E-state index in [1.54, 1.807) is 0 Å². The maximum atomic E-state index is 10.0. The Kier molecular flexibility index (Phi) is 5.40. The summed E-state index contributed by atoms with van der Waals surface area (Å²) < 4.78 is 0. The van der Waals surface area contributed by atoms with Crippen LogP contribution in [0.4, 0.5) is 0 Å². The van der Waals surface area contributed by atoms with E-state index in [1.807, 2.05) is 0 Å². The highest BCUT2D eigenvalue weighted by Crippen LogP contribution is 2.23. The molecule has 0 aliphatic carbocycles. The van der Waals surface area contributed by atoms with Gasteiger partial charge in [0, 0.05) is 0 Å². The molecule has 18 heavy (non-hydrogen) atoms. The Morgan fingerprint density at radius 2 is 1.61 bits per heavy atom. The molecule has 1 atom stereocenters. The Hall–Kier alpha value is -0.820. The molecule has 102 valence electrons. The number of aliphatic hydroxyl groups excluding tert-OH is 1. The van der Waals surface area contributed by atoms with Gasteiger partial charge in [-0.25, -0.2) is 0 Å². The van der Waals surface area contributed by atoms with Crippen molar-refractivity contribution >= 4 is 0 Å². The van der Waals surface area contributed by atoms with Gasteiger partial charge in [-0.15, -0.1) is 0 Å². The molecule has 0 aliphatic heterocycles. The summed E-state index contributed by atoms with van der Waals surface area (Å²) in [4.78, 5) is 0. The summed E-state index contributed by atoms with van der Waals surface area (Å²) in [6, 6.07) is 8.65. The minimum Gasteiger partial charge on any atom is -0.393 e. The molecule has 0 amide bonds. The fourth-order valence-electron chi connectivity index (χ4n) is 2.01. The fourth-order valence-corrected chi connectivity index (χ4v) is 2.01. The number of hydrogen-bond donors (Lipinski definition) is 1. The molecule has 0 spiro atoms. The molecule has 1 heteroatoms. The lowest BCUT2D eigenvalue weighted by Crippen LogP contribution is -2.15. The minimum atomic E-state index is -0.214. The second kappa shape index (κ2) is 6.38. The molecule has 0 saturated carbocycles. The number of aliphatic hydroxyl groups is 1. The maximum Gasteiger partial charge on any atom is 0.0580 e. The summed E-state index contributed by atoms with van der Waals surface area (Å²) in [5, 5.41) is 10.0. The van der Waals surface area contributed by atoms with Crippen molar-refractivity contribution < 1.29 is 5.11 Å². The molecule has 0 fully saturated rings.